The molecule has 1 heterocycles. The normalized spacial score (nSPS) is 19.5. The molecule has 0 aromatic heterocycles. The van der Waals surface area contributed by atoms with Gasteiger partial charge in [-0.05, 0) is 29.8 Å². The molecule has 1 aliphatic heterocycles. The fourth-order valence-electron chi connectivity index (χ4n) is 3.01. The lowest BCUT2D eigenvalue weighted by Gasteiger charge is -2.20. The van der Waals surface area contributed by atoms with Crippen LogP contribution in [0, 0.1) is 0 Å². The standard InChI is InChI=1S/C21H18BrNO3/c1-23-19-12-11-16(22)13-18(19)21(26,20(23)25)14-17(24)10-6-5-9-15-7-3-2-4-8-15/h2-13,26H,14H2,1H3/b9-5+,10-6+. The molecular weight excluding hydrogens is 394 g/mol. The third kappa shape index (κ3) is 3.54. The summed E-state index contributed by atoms with van der Waals surface area (Å²) in [5.74, 6) is -0.813. The van der Waals surface area contributed by atoms with Crippen LogP contribution in [0.1, 0.15) is 17.5 Å². The Morgan fingerprint density at radius 1 is 1.19 bits per heavy atom. The van der Waals surface area contributed by atoms with Crippen LogP contribution >= 0.6 is 15.9 Å². The highest BCUT2D eigenvalue weighted by Crippen LogP contribution is 2.42. The van der Waals surface area contributed by atoms with Gasteiger partial charge in [0.05, 0.1) is 12.1 Å². The van der Waals surface area contributed by atoms with E-state index >= 15 is 0 Å². The number of likely N-dealkylation sites (N-methyl/N-ethyl adjacent to an activating group) is 1. The van der Waals surface area contributed by atoms with E-state index in [0.29, 0.717) is 11.3 Å². The number of carbonyl (C=O) groups excluding carboxylic acids is 2. The number of ketones is 1. The lowest BCUT2D eigenvalue weighted by Crippen LogP contribution is -2.40. The van der Waals surface area contributed by atoms with Crippen molar-refractivity contribution in [1.29, 1.82) is 0 Å². The lowest BCUT2D eigenvalue weighted by atomic mass is 9.90. The van der Waals surface area contributed by atoms with E-state index in [1.165, 1.54) is 11.0 Å². The quantitative estimate of drug-likeness (QED) is 0.600. The fourth-order valence-corrected chi connectivity index (χ4v) is 3.37. The van der Waals surface area contributed by atoms with Gasteiger partial charge < -0.3 is 10.0 Å². The molecule has 0 saturated carbocycles. The summed E-state index contributed by atoms with van der Waals surface area (Å²) in [4.78, 5) is 26.2. The zero-order valence-electron chi connectivity index (χ0n) is 14.2. The molecule has 0 spiro atoms. The highest BCUT2D eigenvalue weighted by molar-refractivity contribution is 9.10. The van der Waals surface area contributed by atoms with Crippen LogP contribution in [0.5, 0.6) is 0 Å². The largest absolute Gasteiger partial charge is 0.375 e. The smallest absolute Gasteiger partial charge is 0.263 e. The van der Waals surface area contributed by atoms with E-state index in [2.05, 4.69) is 15.9 Å². The number of amides is 1. The molecule has 5 heteroatoms. The van der Waals surface area contributed by atoms with Crippen LogP contribution in [0.15, 0.2) is 71.2 Å². The highest BCUT2D eigenvalue weighted by Gasteiger charge is 2.49. The van der Waals surface area contributed by atoms with Crippen LogP contribution in [-0.2, 0) is 15.2 Å². The minimum Gasteiger partial charge on any atom is -0.375 e. The first-order valence-corrected chi connectivity index (χ1v) is 8.94. The maximum Gasteiger partial charge on any atom is 0.263 e. The predicted octanol–water partition coefficient (Wildman–Crippen LogP) is 3.84. The molecule has 0 radical (unpaired) electrons. The summed E-state index contributed by atoms with van der Waals surface area (Å²) < 4.78 is 0.742. The van der Waals surface area contributed by atoms with Crippen LogP contribution in [0.2, 0.25) is 0 Å². The van der Waals surface area contributed by atoms with Crippen molar-refractivity contribution in [2.24, 2.45) is 0 Å². The molecule has 1 unspecified atom stereocenters. The van der Waals surface area contributed by atoms with Gasteiger partial charge in [-0.1, -0.05) is 64.5 Å². The molecule has 0 aliphatic carbocycles. The summed E-state index contributed by atoms with van der Waals surface area (Å²) in [6.45, 7) is 0. The Balaban J connectivity index is 1.75. The predicted molar refractivity (Wildman–Crippen MR) is 106 cm³/mol. The SMILES string of the molecule is CN1C(=O)C(O)(CC(=O)/C=C/C=C/c2ccccc2)c2cc(Br)ccc21. The van der Waals surface area contributed by atoms with Gasteiger partial charge in [0.25, 0.3) is 5.91 Å². The Morgan fingerprint density at radius 2 is 1.92 bits per heavy atom. The van der Waals surface area contributed by atoms with Gasteiger partial charge in [0.2, 0.25) is 0 Å². The summed E-state index contributed by atoms with van der Waals surface area (Å²) >= 11 is 3.35. The first kappa shape index (κ1) is 18.3. The Kier molecular flexibility index (Phi) is 5.20. The second-order valence-corrected chi connectivity index (χ2v) is 7.07. The second-order valence-electron chi connectivity index (χ2n) is 6.16. The molecule has 0 saturated heterocycles. The molecule has 2 aromatic rings. The summed E-state index contributed by atoms with van der Waals surface area (Å²) in [5, 5.41) is 10.9. The molecule has 4 nitrogen and oxygen atoms in total. The van der Waals surface area contributed by atoms with E-state index in [0.717, 1.165) is 10.0 Å². The number of fused-ring (bicyclic) bond motifs is 1. The van der Waals surface area contributed by atoms with E-state index in [1.807, 2.05) is 36.4 Å². The highest BCUT2D eigenvalue weighted by atomic mass is 79.9. The summed E-state index contributed by atoms with van der Waals surface area (Å²) in [6.07, 6.45) is 6.32. The summed E-state index contributed by atoms with van der Waals surface area (Å²) in [6, 6.07) is 14.9. The van der Waals surface area contributed by atoms with Crippen molar-refractivity contribution >= 4 is 39.4 Å². The zero-order valence-corrected chi connectivity index (χ0v) is 15.8. The van der Waals surface area contributed by atoms with E-state index in [1.54, 1.807) is 37.4 Å². The van der Waals surface area contributed by atoms with Crippen LogP contribution in [0.4, 0.5) is 5.69 Å². The molecule has 1 aliphatic rings. The zero-order chi connectivity index (χ0) is 18.7. The van der Waals surface area contributed by atoms with Gasteiger partial charge in [0.1, 0.15) is 0 Å². The van der Waals surface area contributed by atoms with E-state index < -0.39 is 11.5 Å². The van der Waals surface area contributed by atoms with Gasteiger partial charge in [-0.2, -0.15) is 0 Å². The average Bonchev–Trinajstić information content (AvgIpc) is 2.81. The van der Waals surface area contributed by atoms with Gasteiger partial charge in [0.15, 0.2) is 11.4 Å². The number of hydrogen-bond donors (Lipinski definition) is 1. The molecule has 0 fully saturated rings. The molecule has 1 atom stereocenters. The van der Waals surface area contributed by atoms with Gasteiger partial charge in [-0.3, -0.25) is 9.59 Å². The van der Waals surface area contributed by atoms with Crippen molar-refractivity contribution in [2.75, 3.05) is 11.9 Å². The first-order valence-electron chi connectivity index (χ1n) is 8.15. The Labute approximate surface area is 160 Å². The number of hydrogen-bond acceptors (Lipinski definition) is 3. The van der Waals surface area contributed by atoms with Crippen LogP contribution in [0.25, 0.3) is 6.08 Å². The van der Waals surface area contributed by atoms with Crippen molar-refractivity contribution in [1.82, 2.24) is 0 Å². The van der Waals surface area contributed by atoms with Crippen molar-refractivity contribution in [3.63, 3.8) is 0 Å². The number of benzene rings is 2. The minimum atomic E-state index is -1.83. The molecular formula is C21H18BrNO3. The summed E-state index contributed by atoms with van der Waals surface area (Å²) in [7, 11) is 1.59. The van der Waals surface area contributed by atoms with Gasteiger partial charge in [0, 0.05) is 17.1 Å². The third-order valence-electron chi connectivity index (χ3n) is 4.34. The van der Waals surface area contributed by atoms with Crippen LogP contribution < -0.4 is 4.90 Å². The number of carbonyl (C=O) groups is 2. The van der Waals surface area contributed by atoms with E-state index in [-0.39, 0.29) is 12.2 Å². The van der Waals surface area contributed by atoms with Crippen LogP contribution in [0.3, 0.4) is 0 Å². The number of nitrogens with zero attached hydrogens (tertiary/aromatic N) is 1. The Morgan fingerprint density at radius 3 is 2.65 bits per heavy atom. The molecule has 26 heavy (non-hydrogen) atoms. The van der Waals surface area contributed by atoms with Crippen molar-refractivity contribution in [2.45, 2.75) is 12.0 Å². The Bertz CT molecular complexity index is 905. The van der Waals surface area contributed by atoms with Crippen LogP contribution in [-0.4, -0.2) is 23.8 Å². The summed E-state index contributed by atoms with van der Waals surface area (Å²) in [5.41, 5.74) is 0.246. The van der Waals surface area contributed by atoms with Crippen molar-refractivity contribution in [3.05, 3.63) is 82.4 Å². The Hall–Kier alpha value is -2.50. The minimum absolute atomic E-state index is 0.296. The molecule has 1 amide bonds. The molecule has 1 N–H and O–H groups in total. The van der Waals surface area contributed by atoms with E-state index in [9.17, 15) is 14.7 Å². The molecule has 132 valence electrons. The maximum atomic E-state index is 12.5. The molecule has 0 bridgehead atoms. The molecule has 2 aromatic carbocycles. The fraction of sp³-hybridized carbons (Fsp3) is 0.143. The monoisotopic (exact) mass is 411 g/mol. The van der Waals surface area contributed by atoms with E-state index in [4.69, 9.17) is 0 Å². The number of allylic oxidation sites excluding steroid dienone is 3. The number of rotatable bonds is 5. The third-order valence-corrected chi connectivity index (χ3v) is 4.83. The number of anilines is 1. The maximum absolute atomic E-state index is 12.5. The second kappa shape index (κ2) is 7.40. The van der Waals surface area contributed by atoms with Gasteiger partial charge in [-0.15, -0.1) is 0 Å². The lowest BCUT2D eigenvalue weighted by molar-refractivity contribution is -0.140. The van der Waals surface area contributed by atoms with Gasteiger partial charge >= 0.3 is 0 Å². The number of aliphatic hydroxyl groups is 1. The molecule has 3 rings (SSSR count). The first-order chi connectivity index (χ1) is 12.4. The van der Waals surface area contributed by atoms with Gasteiger partial charge in [-0.25, -0.2) is 0 Å². The van der Waals surface area contributed by atoms with Crippen molar-refractivity contribution in [3.8, 4) is 0 Å². The topological polar surface area (TPSA) is 57.6 Å². The van der Waals surface area contributed by atoms with Crippen molar-refractivity contribution < 1.29 is 14.7 Å². The number of halogens is 1. The average molecular weight is 412 g/mol.